The lowest BCUT2D eigenvalue weighted by Gasteiger charge is -2.43. The molecule has 2 aromatic heterocycles. The minimum absolute atomic E-state index is 0.105. The van der Waals surface area contributed by atoms with Crippen LogP contribution >= 0.6 is 0 Å². The highest BCUT2D eigenvalue weighted by Crippen LogP contribution is 2.38. The first-order valence-corrected chi connectivity index (χ1v) is 10.7. The maximum Gasteiger partial charge on any atom is 0.185 e. The number of aromatic nitrogens is 2. The maximum atomic E-state index is 14.4. The lowest BCUT2D eigenvalue weighted by Crippen LogP contribution is -2.54. The summed E-state index contributed by atoms with van der Waals surface area (Å²) in [6, 6.07) is 6.85. The molecule has 3 heterocycles. The number of hydrogen-bond donors (Lipinski definition) is 2. The molecule has 1 saturated heterocycles. The fourth-order valence-electron chi connectivity index (χ4n) is 4.01. The Bertz CT molecular complexity index is 1200. The number of ether oxygens (including phenoxy) is 1. The lowest BCUT2D eigenvalue weighted by atomic mass is 9.84. The summed E-state index contributed by atoms with van der Waals surface area (Å²) in [4.78, 5) is 21.0. The number of carbonyl (C=O) groups is 1. The molecular weight excluding hydrogens is 449 g/mol. The van der Waals surface area contributed by atoms with Gasteiger partial charge in [0.15, 0.2) is 5.78 Å². The second kappa shape index (κ2) is 9.25. The van der Waals surface area contributed by atoms with Crippen molar-refractivity contribution in [2.24, 2.45) is 0 Å². The number of benzene rings is 1. The molecule has 1 aromatic carbocycles. The molecule has 0 spiro atoms. The molecule has 0 radical (unpaired) electrons. The monoisotopic (exact) mass is 472 g/mol. The van der Waals surface area contributed by atoms with Gasteiger partial charge in [0.25, 0.3) is 0 Å². The molecule has 1 fully saturated rings. The van der Waals surface area contributed by atoms with Crippen LogP contribution in [0.15, 0.2) is 48.8 Å². The summed E-state index contributed by atoms with van der Waals surface area (Å²) in [5.74, 6) is -3.48. The average Bonchev–Trinajstić information content (AvgIpc) is 2.79. The molecule has 1 aliphatic rings. The van der Waals surface area contributed by atoms with Crippen LogP contribution in [0, 0.1) is 17.5 Å². The Balaban J connectivity index is 1.63. The highest BCUT2D eigenvalue weighted by molar-refractivity contribution is 5.96. The molecule has 4 rings (SSSR count). The number of Topliss-reactive ketones (excluding diaryl/α,β-unsaturated/α-hetero) is 1. The van der Waals surface area contributed by atoms with Gasteiger partial charge in [-0.1, -0.05) is 6.07 Å². The van der Waals surface area contributed by atoms with Crippen molar-refractivity contribution >= 4 is 5.78 Å². The third kappa shape index (κ3) is 4.46. The zero-order valence-corrected chi connectivity index (χ0v) is 18.5. The molecule has 34 heavy (non-hydrogen) atoms. The number of pyridine rings is 2. The summed E-state index contributed by atoms with van der Waals surface area (Å²) in [5.41, 5.74) is -1.74. The lowest BCUT2D eigenvalue weighted by molar-refractivity contribution is -0.215. The van der Waals surface area contributed by atoms with Gasteiger partial charge >= 0.3 is 0 Å². The fraction of sp³-hybridized carbons (Fsp3) is 0.320. The van der Waals surface area contributed by atoms with E-state index in [4.69, 9.17) is 4.74 Å². The summed E-state index contributed by atoms with van der Waals surface area (Å²) in [5, 5.41) is 20.8. The van der Waals surface area contributed by atoms with Crippen molar-refractivity contribution < 1.29 is 32.9 Å². The van der Waals surface area contributed by atoms with E-state index in [1.165, 1.54) is 19.3 Å². The number of rotatable bonds is 5. The van der Waals surface area contributed by atoms with E-state index in [9.17, 15) is 28.2 Å². The number of ketones is 1. The van der Waals surface area contributed by atoms with Gasteiger partial charge < -0.3 is 14.9 Å². The van der Waals surface area contributed by atoms with E-state index in [0.717, 1.165) is 30.3 Å². The van der Waals surface area contributed by atoms with Gasteiger partial charge in [-0.2, -0.15) is 0 Å². The summed E-state index contributed by atoms with van der Waals surface area (Å²) < 4.78 is 48.6. The Labute approximate surface area is 194 Å². The fourth-order valence-corrected chi connectivity index (χ4v) is 4.01. The molecule has 0 amide bonds. The highest BCUT2D eigenvalue weighted by atomic mass is 19.1. The van der Waals surface area contributed by atoms with E-state index in [0.29, 0.717) is 11.1 Å². The first kappa shape index (κ1) is 24.0. The van der Waals surface area contributed by atoms with E-state index in [2.05, 4.69) is 9.97 Å². The van der Waals surface area contributed by atoms with E-state index in [1.807, 2.05) is 0 Å². The van der Waals surface area contributed by atoms with Crippen molar-refractivity contribution in [1.82, 2.24) is 9.97 Å². The van der Waals surface area contributed by atoms with Crippen LogP contribution in [0.4, 0.5) is 13.2 Å². The van der Waals surface area contributed by atoms with Gasteiger partial charge in [0.05, 0.1) is 23.9 Å². The van der Waals surface area contributed by atoms with Gasteiger partial charge in [0, 0.05) is 25.2 Å². The third-order valence-corrected chi connectivity index (χ3v) is 6.27. The van der Waals surface area contributed by atoms with Gasteiger partial charge in [-0.05, 0) is 55.3 Å². The van der Waals surface area contributed by atoms with Gasteiger partial charge in [0.1, 0.15) is 34.4 Å². The van der Waals surface area contributed by atoms with Crippen molar-refractivity contribution in [2.45, 2.75) is 50.6 Å². The Morgan fingerprint density at radius 2 is 1.85 bits per heavy atom. The average molecular weight is 472 g/mol. The molecule has 178 valence electrons. The summed E-state index contributed by atoms with van der Waals surface area (Å²) in [6.45, 7) is 3.14. The van der Waals surface area contributed by atoms with Gasteiger partial charge in [0.2, 0.25) is 0 Å². The molecule has 0 saturated carbocycles. The van der Waals surface area contributed by atoms with Gasteiger partial charge in [-0.25, -0.2) is 18.2 Å². The molecule has 2 N–H and O–H groups in total. The first-order valence-electron chi connectivity index (χ1n) is 10.7. The molecule has 3 aromatic rings. The van der Waals surface area contributed by atoms with Crippen LogP contribution in [0.25, 0.3) is 11.3 Å². The van der Waals surface area contributed by atoms with Gasteiger partial charge in [-0.15, -0.1) is 0 Å². The van der Waals surface area contributed by atoms with Crippen LogP contribution in [-0.2, 0) is 11.2 Å². The standard InChI is InChI=1S/C25H23F3N2O4/c1-13-25(2,33)22(32)11-21(34-13)15-8-9-29-12-14(15)10-20(31)19-7-6-18(28)24(30-19)23-16(26)4-3-5-17(23)27/h3-9,12-13,21-22,32-33H,10-11H2,1-2H3/t13-,21-,22-,25-/m0/s1. The Hall–Kier alpha value is -3.14. The number of aliphatic hydroxyl groups is 2. The second-order valence-corrected chi connectivity index (χ2v) is 8.54. The molecule has 6 nitrogen and oxygen atoms in total. The number of carbonyl (C=O) groups excluding carboxylic acids is 1. The van der Waals surface area contributed by atoms with Crippen LogP contribution in [0.2, 0.25) is 0 Å². The minimum Gasteiger partial charge on any atom is -0.390 e. The zero-order valence-electron chi connectivity index (χ0n) is 18.5. The molecular formula is C25H23F3N2O4. The SMILES string of the molecule is C[C@@H]1O[C@H](c2ccncc2CC(=O)c2ccc(F)c(-c3c(F)cccc3F)n2)C[C@H](O)[C@@]1(C)O. The topological polar surface area (TPSA) is 92.5 Å². The molecule has 0 aliphatic carbocycles. The minimum atomic E-state index is -1.42. The molecule has 0 unspecified atom stereocenters. The van der Waals surface area contributed by atoms with E-state index in [1.54, 1.807) is 13.0 Å². The quantitative estimate of drug-likeness (QED) is 0.547. The number of hydrogen-bond acceptors (Lipinski definition) is 6. The van der Waals surface area contributed by atoms with Crippen molar-refractivity contribution in [1.29, 1.82) is 0 Å². The predicted octanol–water partition coefficient (Wildman–Crippen LogP) is 3.95. The Morgan fingerprint density at radius 3 is 2.53 bits per heavy atom. The summed E-state index contributed by atoms with van der Waals surface area (Å²) in [7, 11) is 0. The predicted molar refractivity (Wildman–Crippen MR) is 116 cm³/mol. The second-order valence-electron chi connectivity index (χ2n) is 8.54. The van der Waals surface area contributed by atoms with Crippen molar-refractivity contribution in [3.05, 3.63) is 83.1 Å². The Kier molecular flexibility index (Phi) is 6.53. The smallest absolute Gasteiger partial charge is 0.185 e. The van der Waals surface area contributed by atoms with E-state index < -0.39 is 58.4 Å². The first-order chi connectivity index (χ1) is 16.1. The number of halogens is 3. The summed E-state index contributed by atoms with van der Waals surface area (Å²) in [6.07, 6.45) is 0.591. The van der Waals surface area contributed by atoms with E-state index in [-0.39, 0.29) is 18.5 Å². The molecule has 0 bridgehead atoms. The normalized spacial score (nSPS) is 24.7. The zero-order chi connectivity index (χ0) is 24.6. The molecule has 4 atom stereocenters. The van der Waals surface area contributed by atoms with E-state index >= 15 is 0 Å². The van der Waals surface area contributed by atoms with Crippen LogP contribution in [0.5, 0.6) is 0 Å². The largest absolute Gasteiger partial charge is 0.390 e. The summed E-state index contributed by atoms with van der Waals surface area (Å²) >= 11 is 0. The highest BCUT2D eigenvalue weighted by Gasteiger charge is 2.44. The van der Waals surface area contributed by atoms with Crippen LogP contribution in [0.3, 0.4) is 0 Å². The number of nitrogens with zero attached hydrogens (tertiary/aromatic N) is 2. The maximum absolute atomic E-state index is 14.4. The number of aliphatic hydroxyl groups excluding tert-OH is 1. The van der Waals surface area contributed by atoms with Gasteiger partial charge in [-0.3, -0.25) is 9.78 Å². The molecule has 1 aliphatic heterocycles. The van der Waals surface area contributed by atoms with Crippen molar-refractivity contribution in [3.63, 3.8) is 0 Å². The third-order valence-electron chi connectivity index (χ3n) is 6.27. The van der Waals surface area contributed by atoms with Crippen LogP contribution in [-0.4, -0.2) is 43.8 Å². The molecule has 9 heteroatoms. The van der Waals surface area contributed by atoms with Crippen LogP contribution in [0.1, 0.15) is 48.0 Å². The van der Waals surface area contributed by atoms with Crippen molar-refractivity contribution in [2.75, 3.05) is 0 Å². The van der Waals surface area contributed by atoms with Crippen molar-refractivity contribution in [3.8, 4) is 11.3 Å². The van der Waals surface area contributed by atoms with Crippen LogP contribution < -0.4 is 0 Å². The Morgan fingerprint density at radius 1 is 1.15 bits per heavy atom.